The molecule has 4 aromatic carbocycles. The van der Waals surface area contributed by atoms with Crippen molar-refractivity contribution in [3.8, 4) is 45.5 Å². The predicted molar refractivity (Wildman–Crippen MR) is 163 cm³/mol. The number of carbonyl (C=O) groups excluding carboxylic acids is 2. The Morgan fingerprint density at radius 3 is 2.09 bits per heavy atom. The number of anilines is 1. The molecule has 0 aliphatic heterocycles. The van der Waals surface area contributed by atoms with Crippen molar-refractivity contribution in [2.45, 2.75) is 20.0 Å². The fourth-order valence-corrected chi connectivity index (χ4v) is 4.75. The number of amides is 1. The minimum absolute atomic E-state index is 0.0689. The molecule has 5 aromatic rings. The van der Waals surface area contributed by atoms with Gasteiger partial charge in [0, 0.05) is 23.7 Å². The van der Waals surface area contributed by atoms with Gasteiger partial charge < -0.3 is 19.5 Å². The van der Waals surface area contributed by atoms with E-state index in [0.717, 1.165) is 29.8 Å². The van der Waals surface area contributed by atoms with Crippen molar-refractivity contribution in [2.75, 3.05) is 19.5 Å². The van der Waals surface area contributed by atoms with Crippen molar-refractivity contribution >= 4 is 17.6 Å². The molecule has 0 aliphatic carbocycles. The highest BCUT2D eigenvalue weighted by Gasteiger charge is 2.30. The van der Waals surface area contributed by atoms with E-state index in [2.05, 4.69) is 5.32 Å². The smallest absolute Gasteiger partial charge is 0.416 e. The first kappa shape index (κ1) is 30.9. The van der Waals surface area contributed by atoms with Crippen LogP contribution in [-0.4, -0.2) is 35.9 Å². The van der Waals surface area contributed by atoms with Crippen molar-refractivity contribution < 1.29 is 37.0 Å². The monoisotopic (exact) mass is 615 g/mol. The molecule has 0 aliphatic rings. The molecule has 230 valence electrons. The average Bonchev–Trinajstić information content (AvgIpc) is 3.39. The number of esters is 1. The predicted octanol–water partition coefficient (Wildman–Crippen LogP) is 7.73. The summed E-state index contributed by atoms with van der Waals surface area (Å²) >= 11 is 0. The lowest BCUT2D eigenvalue weighted by Gasteiger charge is -2.12. The molecule has 1 N–H and O–H groups in total. The zero-order valence-electron chi connectivity index (χ0n) is 24.7. The maximum absolute atomic E-state index is 12.9. The van der Waals surface area contributed by atoms with Gasteiger partial charge in [0.15, 0.2) is 11.5 Å². The second-order valence-corrected chi connectivity index (χ2v) is 10.0. The molecule has 0 saturated carbocycles. The summed E-state index contributed by atoms with van der Waals surface area (Å²) in [7, 11) is 3.06. The van der Waals surface area contributed by atoms with Gasteiger partial charge in [-0.05, 0) is 84.8 Å². The lowest BCUT2D eigenvalue weighted by Crippen LogP contribution is -2.12. The first-order valence-electron chi connectivity index (χ1n) is 13.7. The van der Waals surface area contributed by atoms with E-state index in [1.54, 1.807) is 41.1 Å². The Balaban J connectivity index is 1.58. The summed E-state index contributed by atoms with van der Waals surface area (Å²) in [6, 6.07) is 23.5. The maximum Gasteiger partial charge on any atom is 0.416 e. The third kappa shape index (κ3) is 6.67. The highest BCUT2D eigenvalue weighted by atomic mass is 19.4. The lowest BCUT2D eigenvalue weighted by molar-refractivity contribution is -0.137. The third-order valence-corrected chi connectivity index (χ3v) is 6.89. The van der Waals surface area contributed by atoms with Crippen LogP contribution in [0, 0.1) is 6.92 Å². The number of nitrogens with zero attached hydrogens (tertiary/aromatic N) is 2. The van der Waals surface area contributed by atoms with Crippen molar-refractivity contribution in [3.63, 3.8) is 0 Å². The van der Waals surface area contributed by atoms with Crippen molar-refractivity contribution in [3.05, 3.63) is 108 Å². The van der Waals surface area contributed by atoms with Gasteiger partial charge in [-0.25, -0.2) is 0 Å². The van der Waals surface area contributed by atoms with Crippen LogP contribution >= 0.6 is 0 Å². The van der Waals surface area contributed by atoms with E-state index in [0.29, 0.717) is 45.3 Å². The van der Waals surface area contributed by atoms with E-state index < -0.39 is 23.6 Å². The number of methoxy groups -OCH3 is 2. The van der Waals surface area contributed by atoms with E-state index in [4.69, 9.17) is 19.3 Å². The van der Waals surface area contributed by atoms with Crippen LogP contribution in [0.3, 0.4) is 0 Å². The molecular weight excluding hydrogens is 587 g/mol. The molecule has 0 radical (unpaired) electrons. The Morgan fingerprint density at radius 2 is 1.49 bits per heavy atom. The molecule has 45 heavy (non-hydrogen) atoms. The average molecular weight is 616 g/mol. The summed E-state index contributed by atoms with van der Waals surface area (Å²) < 4.78 is 57.0. The van der Waals surface area contributed by atoms with E-state index in [9.17, 15) is 22.8 Å². The SMILES string of the molecule is COc1ccc(-c2nn(-c3cccc(C)c3)c(OC(C)=O)c2-c2ccc(NC(=O)c3ccc(C(F)(F)F)cc3)cc2)cc1OC. The number of halogens is 3. The number of rotatable bonds is 8. The number of carbonyl (C=O) groups is 2. The highest BCUT2D eigenvalue weighted by Crippen LogP contribution is 2.43. The number of alkyl halides is 3. The molecule has 0 spiro atoms. The molecular formula is C34H28F3N3O5. The summed E-state index contributed by atoms with van der Waals surface area (Å²) in [6.07, 6.45) is -4.50. The standard InChI is InChI=1S/C34H28F3N3O5/c1-20-6-5-7-27(18-20)40-33(45-21(2)41)30(31(39-40)24-12-17-28(43-3)29(19-24)44-4)22-10-15-26(16-11-22)38-32(42)23-8-13-25(14-9-23)34(35,36)37/h5-19H,1-4H3,(H,38,42). The van der Waals surface area contributed by atoms with Gasteiger partial charge in [-0.15, -0.1) is 0 Å². The van der Waals surface area contributed by atoms with Crippen molar-refractivity contribution in [1.29, 1.82) is 0 Å². The van der Waals surface area contributed by atoms with Gasteiger partial charge in [0.05, 0.1) is 31.0 Å². The topological polar surface area (TPSA) is 91.7 Å². The van der Waals surface area contributed by atoms with Crippen LogP contribution in [0.1, 0.15) is 28.4 Å². The molecule has 1 aromatic heterocycles. The molecule has 0 saturated heterocycles. The Labute approximate surface area is 257 Å². The van der Waals surface area contributed by atoms with Crippen LogP contribution in [0.2, 0.25) is 0 Å². The fourth-order valence-electron chi connectivity index (χ4n) is 4.75. The van der Waals surface area contributed by atoms with Gasteiger partial charge in [-0.3, -0.25) is 9.59 Å². The summed E-state index contributed by atoms with van der Waals surface area (Å²) in [4.78, 5) is 25.1. The zero-order valence-corrected chi connectivity index (χ0v) is 24.7. The first-order chi connectivity index (χ1) is 21.5. The number of ether oxygens (including phenoxy) is 3. The van der Waals surface area contributed by atoms with Crippen LogP contribution in [-0.2, 0) is 11.0 Å². The molecule has 0 fully saturated rings. The van der Waals surface area contributed by atoms with Crippen LogP contribution in [0.4, 0.5) is 18.9 Å². The van der Waals surface area contributed by atoms with Crippen molar-refractivity contribution in [2.24, 2.45) is 0 Å². The zero-order chi connectivity index (χ0) is 32.3. The van der Waals surface area contributed by atoms with Gasteiger partial charge >= 0.3 is 12.1 Å². The van der Waals surface area contributed by atoms with Gasteiger partial charge in [-0.1, -0.05) is 24.3 Å². The van der Waals surface area contributed by atoms with Gasteiger partial charge in [-0.2, -0.15) is 23.0 Å². The van der Waals surface area contributed by atoms with Crippen LogP contribution in [0.15, 0.2) is 91.0 Å². The van der Waals surface area contributed by atoms with Crippen molar-refractivity contribution in [1.82, 2.24) is 9.78 Å². The Morgan fingerprint density at radius 1 is 0.822 bits per heavy atom. The third-order valence-electron chi connectivity index (χ3n) is 6.89. The summed E-state index contributed by atoms with van der Waals surface area (Å²) in [5.74, 6) is 0.0508. The largest absolute Gasteiger partial charge is 0.493 e. The van der Waals surface area contributed by atoms with Gasteiger partial charge in [0.1, 0.15) is 5.69 Å². The van der Waals surface area contributed by atoms with Gasteiger partial charge in [0.25, 0.3) is 5.91 Å². The van der Waals surface area contributed by atoms with E-state index in [1.165, 1.54) is 21.1 Å². The minimum Gasteiger partial charge on any atom is -0.493 e. The van der Waals surface area contributed by atoms with E-state index >= 15 is 0 Å². The second-order valence-electron chi connectivity index (χ2n) is 10.0. The number of hydrogen-bond donors (Lipinski definition) is 1. The number of aromatic nitrogens is 2. The minimum atomic E-state index is -4.50. The molecule has 5 rings (SSSR count). The molecule has 0 unspecified atom stereocenters. The van der Waals surface area contributed by atoms with Crippen LogP contribution in [0.5, 0.6) is 17.4 Å². The Hall–Kier alpha value is -5.58. The summed E-state index contributed by atoms with van der Waals surface area (Å²) in [5, 5.41) is 7.58. The number of hydrogen-bond acceptors (Lipinski definition) is 6. The molecule has 1 amide bonds. The van der Waals surface area contributed by atoms with Crippen LogP contribution in [0.25, 0.3) is 28.1 Å². The van der Waals surface area contributed by atoms with Crippen LogP contribution < -0.4 is 19.5 Å². The number of aryl methyl sites for hydroxylation is 1. The quantitative estimate of drug-likeness (QED) is 0.180. The number of benzene rings is 4. The maximum atomic E-state index is 12.9. The normalized spacial score (nSPS) is 11.2. The molecule has 1 heterocycles. The first-order valence-corrected chi connectivity index (χ1v) is 13.7. The van der Waals surface area contributed by atoms with E-state index in [1.807, 2.05) is 37.3 Å². The molecule has 0 bridgehead atoms. The Bertz CT molecular complexity index is 1860. The second kappa shape index (κ2) is 12.6. The lowest BCUT2D eigenvalue weighted by atomic mass is 10.0. The molecule has 0 atom stereocenters. The molecule has 8 nitrogen and oxygen atoms in total. The number of nitrogens with one attached hydrogen (secondary N) is 1. The Kier molecular flexibility index (Phi) is 8.62. The highest BCUT2D eigenvalue weighted by molar-refractivity contribution is 6.04. The fraction of sp³-hybridized carbons (Fsp3) is 0.147. The molecule has 11 heteroatoms. The summed E-state index contributed by atoms with van der Waals surface area (Å²) in [6.45, 7) is 3.24. The van der Waals surface area contributed by atoms with Gasteiger partial charge in [0.2, 0.25) is 5.88 Å². The summed E-state index contributed by atoms with van der Waals surface area (Å²) in [5.41, 5.74) is 3.51. The van der Waals surface area contributed by atoms with E-state index in [-0.39, 0.29) is 11.4 Å².